The highest BCUT2D eigenvalue weighted by Crippen LogP contribution is 2.55. The van der Waals surface area contributed by atoms with E-state index in [0.29, 0.717) is 11.8 Å². The van der Waals surface area contributed by atoms with Crippen molar-refractivity contribution in [3.05, 3.63) is 99.6 Å². The summed E-state index contributed by atoms with van der Waals surface area (Å²) < 4.78 is 0. The summed E-state index contributed by atoms with van der Waals surface area (Å²) in [5.74, 6) is 0.894. The van der Waals surface area contributed by atoms with E-state index in [1.807, 2.05) is 0 Å². The maximum atomic E-state index is 2.37. The van der Waals surface area contributed by atoms with Gasteiger partial charge in [-0.2, -0.15) is 0 Å². The number of allylic oxidation sites excluding steroid dienone is 2. The lowest BCUT2D eigenvalue weighted by atomic mass is 9.81. The van der Waals surface area contributed by atoms with Crippen LogP contribution >= 0.6 is 0 Å². The van der Waals surface area contributed by atoms with Crippen molar-refractivity contribution in [2.45, 2.75) is 46.0 Å². The van der Waals surface area contributed by atoms with Crippen molar-refractivity contribution in [2.24, 2.45) is 0 Å². The summed E-state index contributed by atoms with van der Waals surface area (Å²) in [7, 11) is 0. The number of aryl methyl sites for hydroxylation is 1. The lowest BCUT2D eigenvalue weighted by molar-refractivity contribution is 0.857. The van der Waals surface area contributed by atoms with E-state index in [2.05, 4.69) is 88.4 Å². The van der Waals surface area contributed by atoms with Crippen molar-refractivity contribution in [3.63, 3.8) is 0 Å². The van der Waals surface area contributed by atoms with E-state index in [1.165, 1.54) is 39.0 Å². The van der Waals surface area contributed by atoms with Crippen LogP contribution in [0.25, 0.3) is 16.7 Å². The predicted molar refractivity (Wildman–Crippen MR) is 115 cm³/mol. The molecular formula is C27H26. The molecule has 0 bridgehead atoms. The molecule has 0 saturated carbocycles. The molecule has 5 rings (SSSR count). The van der Waals surface area contributed by atoms with Crippen molar-refractivity contribution in [1.29, 1.82) is 0 Å². The van der Waals surface area contributed by atoms with Gasteiger partial charge in [-0.1, -0.05) is 80.1 Å². The average molecular weight is 351 g/mol. The van der Waals surface area contributed by atoms with Crippen LogP contribution in [0.5, 0.6) is 0 Å². The summed E-state index contributed by atoms with van der Waals surface area (Å²) >= 11 is 0. The molecule has 0 heteroatoms. The van der Waals surface area contributed by atoms with Crippen molar-refractivity contribution in [1.82, 2.24) is 0 Å². The monoisotopic (exact) mass is 350 g/mol. The molecule has 0 aliphatic heterocycles. The first kappa shape index (κ1) is 16.6. The summed E-state index contributed by atoms with van der Waals surface area (Å²) in [5.41, 5.74) is 14.9. The van der Waals surface area contributed by atoms with Crippen LogP contribution < -0.4 is 0 Å². The van der Waals surface area contributed by atoms with E-state index in [-0.39, 0.29) is 0 Å². The molecule has 134 valence electrons. The van der Waals surface area contributed by atoms with E-state index in [4.69, 9.17) is 0 Å². The molecule has 0 nitrogen and oxygen atoms in total. The highest BCUT2D eigenvalue weighted by molar-refractivity contribution is 5.92. The SMILES string of the molecule is CC1=C(C2c3ccccc3-c3ccccc32)c2c(C(C)C)ccc(C)c2C1. The summed E-state index contributed by atoms with van der Waals surface area (Å²) in [6.07, 6.45) is 1.10. The van der Waals surface area contributed by atoms with Gasteiger partial charge in [0.1, 0.15) is 0 Å². The maximum absolute atomic E-state index is 2.37. The smallest absolute Gasteiger partial charge is 0.0357 e. The predicted octanol–water partition coefficient (Wildman–Crippen LogP) is 7.26. The van der Waals surface area contributed by atoms with E-state index in [9.17, 15) is 0 Å². The van der Waals surface area contributed by atoms with Gasteiger partial charge in [-0.25, -0.2) is 0 Å². The normalized spacial score (nSPS) is 15.3. The molecule has 0 atom stereocenters. The second-order valence-electron chi connectivity index (χ2n) is 8.46. The van der Waals surface area contributed by atoms with Gasteiger partial charge in [0, 0.05) is 5.92 Å². The van der Waals surface area contributed by atoms with Gasteiger partial charge < -0.3 is 0 Å². The fraction of sp³-hybridized carbons (Fsp3) is 0.259. The third-order valence-corrected chi connectivity index (χ3v) is 6.49. The molecule has 0 amide bonds. The summed E-state index contributed by atoms with van der Waals surface area (Å²) in [5, 5.41) is 0. The molecule has 3 aromatic rings. The fourth-order valence-electron chi connectivity index (χ4n) is 5.23. The fourth-order valence-corrected chi connectivity index (χ4v) is 5.23. The van der Waals surface area contributed by atoms with Crippen LogP contribution in [0.4, 0.5) is 0 Å². The maximum Gasteiger partial charge on any atom is 0.0357 e. The number of rotatable bonds is 2. The van der Waals surface area contributed by atoms with Crippen LogP contribution in [-0.2, 0) is 6.42 Å². The minimum absolute atomic E-state index is 0.359. The Balaban J connectivity index is 1.81. The zero-order chi connectivity index (χ0) is 18.7. The Labute approximate surface area is 162 Å². The highest BCUT2D eigenvalue weighted by atomic mass is 14.4. The van der Waals surface area contributed by atoms with Crippen molar-refractivity contribution >= 4 is 5.57 Å². The highest BCUT2D eigenvalue weighted by Gasteiger charge is 2.36. The number of hydrogen-bond acceptors (Lipinski definition) is 0. The van der Waals surface area contributed by atoms with Crippen LogP contribution in [0, 0.1) is 6.92 Å². The van der Waals surface area contributed by atoms with Crippen molar-refractivity contribution in [3.8, 4) is 11.1 Å². The number of fused-ring (bicyclic) bond motifs is 4. The molecule has 0 spiro atoms. The van der Waals surface area contributed by atoms with Gasteiger partial charge in [0.25, 0.3) is 0 Å². The number of benzene rings is 3. The van der Waals surface area contributed by atoms with Crippen molar-refractivity contribution < 1.29 is 0 Å². The molecule has 0 fully saturated rings. The van der Waals surface area contributed by atoms with Crippen LogP contribution in [0.15, 0.2) is 66.2 Å². The van der Waals surface area contributed by atoms with Gasteiger partial charge in [0.2, 0.25) is 0 Å². The first-order chi connectivity index (χ1) is 13.1. The molecule has 2 aliphatic rings. The number of hydrogen-bond donors (Lipinski definition) is 0. The Morgan fingerprint density at radius 3 is 1.96 bits per heavy atom. The van der Waals surface area contributed by atoms with Gasteiger partial charge in [-0.05, 0) is 76.3 Å². The summed E-state index contributed by atoms with van der Waals surface area (Å²) in [6.45, 7) is 9.28. The molecule has 0 aromatic heterocycles. The van der Waals surface area contributed by atoms with E-state index < -0.39 is 0 Å². The van der Waals surface area contributed by atoms with Gasteiger partial charge in [0.15, 0.2) is 0 Å². The quantitative estimate of drug-likeness (QED) is 0.456. The lowest BCUT2D eigenvalue weighted by Crippen LogP contribution is -2.05. The van der Waals surface area contributed by atoms with Gasteiger partial charge in [0.05, 0.1) is 0 Å². The second kappa shape index (κ2) is 5.96. The van der Waals surface area contributed by atoms with Crippen LogP contribution in [0.1, 0.15) is 66.0 Å². The molecule has 0 heterocycles. The molecule has 2 aliphatic carbocycles. The van der Waals surface area contributed by atoms with E-state index in [0.717, 1.165) is 6.42 Å². The van der Waals surface area contributed by atoms with E-state index >= 15 is 0 Å². The third-order valence-electron chi connectivity index (χ3n) is 6.49. The third kappa shape index (κ3) is 2.29. The Bertz CT molecular complexity index is 1050. The standard InChI is InChI=1S/C27H26/c1-16(2)19-14-13-17(3)24-15-18(4)25(26(19)24)27-22-11-7-5-9-20(22)21-10-6-8-12-23(21)27/h5-14,16,27H,15H2,1-4H3. The topological polar surface area (TPSA) is 0 Å². The van der Waals surface area contributed by atoms with E-state index in [1.54, 1.807) is 16.7 Å². The molecule has 3 aromatic carbocycles. The lowest BCUT2D eigenvalue weighted by Gasteiger charge is -2.23. The Hall–Kier alpha value is -2.60. The largest absolute Gasteiger partial charge is 0.0641 e. The minimum atomic E-state index is 0.359. The minimum Gasteiger partial charge on any atom is -0.0641 e. The van der Waals surface area contributed by atoms with Crippen LogP contribution in [-0.4, -0.2) is 0 Å². The summed E-state index contributed by atoms with van der Waals surface area (Å²) in [6, 6.07) is 22.7. The van der Waals surface area contributed by atoms with Gasteiger partial charge in [-0.3, -0.25) is 0 Å². The second-order valence-corrected chi connectivity index (χ2v) is 8.46. The molecule has 0 radical (unpaired) electrons. The first-order valence-corrected chi connectivity index (χ1v) is 10.1. The Morgan fingerprint density at radius 1 is 0.778 bits per heavy atom. The molecule has 0 saturated heterocycles. The Morgan fingerprint density at radius 2 is 1.37 bits per heavy atom. The average Bonchev–Trinajstić information content (AvgIpc) is 3.17. The molecule has 27 heavy (non-hydrogen) atoms. The van der Waals surface area contributed by atoms with Crippen LogP contribution in [0.2, 0.25) is 0 Å². The first-order valence-electron chi connectivity index (χ1n) is 10.1. The molecule has 0 unspecified atom stereocenters. The zero-order valence-corrected chi connectivity index (χ0v) is 16.6. The zero-order valence-electron chi connectivity index (χ0n) is 16.6. The van der Waals surface area contributed by atoms with Crippen molar-refractivity contribution in [2.75, 3.05) is 0 Å². The summed E-state index contributed by atoms with van der Waals surface area (Å²) in [4.78, 5) is 0. The van der Waals surface area contributed by atoms with Crippen LogP contribution in [0.3, 0.4) is 0 Å². The van der Waals surface area contributed by atoms with Gasteiger partial charge in [-0.15, -0.1) is 0 Å². The Kier molecular flexibility index (Phi) is 3.65. The molecular weight excluding hydrogens is 324 g/mol. The van der Waals surface area contributed by atoms with Gasteiger partial charge >= 0.3 is 0 Å². The molecule has 0 N–H and O–H groups in total.